The van der Waals surface area contributed by atoms with Crippen LogP contribution in [0.5, 0.6) is 11.5 Å². The van der Waals surface area contributed by atoms with E-state index in [9.17, 15) is 15.0 Å². The van der Waals surface area contributed by atoms with Crippen LogP contribution in [-0.2, 0) is 14.3 Å². The zero-order valence-corrected chi connectivity index (χ0v) is 33.1. The molecular formula is C43H60N2O8S. The summed E-state index contributed by atoms with van der Waals surface area (Å²) >= 11 is 1.76. The number of oxime groups is 1. The molecule has 0 saturated heterocycles. The minimum Gasteiger partial charge on any atom is -0.493 e. The van der Waals surface area contributed by atoms with Crippen molar-refractivity contribution in [1.82, 2.24) is 4.90 Å². The summed E-state index contributed by atoms with van der Waals surface area (Å²) in [5.74, 6) is 0.772. The molecule has 1 fully saturated rings. The average molecular weight is 765 g/mol. The number of aliphatic hydroxyl groups excluding tert-OH is 2. The van der Waals surface area contributed by atoms with Crippen molar-refractivity contribution in [3.05, 3.63) is 78.4 Å². The molecule has 2 N–H and O–H groups in total. The van der Waals surface area contributed by atoms with Crippen LogP contribution in [0.4, 0.5) is 4.79 Å². The Labute approximate surface area is 325 Å². The molecule has 2 aromatic carbocycles. The van der Waals surface area contributed by atoms with Gasteiger partial charge in [0.15, 0.2) is 0 Å². The standard InChI is InChI=1S/C43H60N2O8S/c1-5-22-45(42(48)49-7-3)39-30-37(44-52-8-4)35-28-31(16-12-14-23-46)34(19-13-15-24-47)40-36-29-32(50-26-27-54-33-17-10-9-11-18-33)20-21-38(36)53-43(39,41(35)40)51-25-6-2/h6,9-11,17-18,20-21,28-29,31,34,39-41,46-47H,2,5,7-8,12-16,19,22-27,30H2,1,3-4H3. The number of nitrogens with zero attached hydrogens (tertiary/aromatic N) is 2. The van der Waals surface area contributed by atoms with E-state index >= 15 is 0 Å². The van der Waals surface area contributed by atoms with Gasteiger partial charge in [-0.05, 0) is 93.7 Å². The number of fused-ring (bicyclic) bond motifs is 2. The molecule has 0 bridgehead atoms. The van der Waals surface area contributed by atoms with Gasteiger partial charge in [-0.3, -0.25) is 4.90 Å². The number of unbranched alkanes of at least 4 members (excludes halogenated alkanes) is 2. The maximum absolute atomic E-state index is 13.9. The molecule has 1 amide bonds. The van der Waals surface area contributed by atoms with Crippen molar-refractivity contribution in [3.63, 3.8) is 0 Å². The highest BCUT2D eigenvalue weighted by molar-refractivity contribution is 7.99. The summed E-state index contributed by atoms with van der Waals surface area (Å²) in [6.07, 6.45) is 9.60. The number of hydrogen-bond acceptors (Lipinski definition) is 10. The zero-order chi connectivity index (χ0) is 38.3. The van der Waals surface area contributed by atoms with Crippen molar-refractivity contribution in [1.29, 1.82) is 0 Å². The van der Waals surface area contributed by atoms with E-state index in [1.807, 2.05) is 51.1 Å². The first kappa shape index (κ1) is 41.6. The fourth-order valence-electron chi connectivity index (χ4n) is 8.54. The van der Waals surface area contributed by atoms with Crippen molar-refractivity contribution in [2.75, 3.05) is 51.9 Å². The predicted octanol–water partition coefficient (Wildman–Crippen LogP) is 8.38. The molecule has 1 aliphatic heterocycles. The second-order valence-corrected chi connectivity index (χ2v) is 15.3. The first-order valence-corrected chi connectivity index (χ1v) is 20.9. The maximum atomic E-state index is 13.9. The number of ether oxygens (including phenoxy) is 4. The second-order valence-electron chi connectivity index (χ2n) is 14.1. The van der Waals surface area contributed by atoms with E-state index in [-0.39, 0.29) is 50.1 Å². The smallest absolute Gasteiger partial charge is 0.410 e. The van der Waals surface area contributed by atoms with Gasteiger partial charge in [0.25, 0.3) is 0 Å². The predicted molar refractivity (Wildman–Crippen MR) is 213 cm³/mol. The van der Waals surface area contributed by atoms with Crippen molar-refractivity contribution < 1.29 is 38.8 Å². The number of aliphatic hydroxyl groups is 2. The molecule has 54 heavy (non-hydrogen) atoms. The van der Waals surface area contributed by atoms with E-state index in [1.165, 1.54) is 4.90 Å². The number of benzene rings is 2. The fourth-order valence-corrected chi connectivity index (χ4v) is 9.29. The Morgan fingerprint density at radius 3 is 2.54 bits per heavy atom. The molecule has 2 aromatic rings. The van der Waals surface area contributed by atoms with Crippen molar-refractivity contribution in [3.8, 4) is 11.5 Å². The highest BCUT2D eigenvalue weighted by Gasteiger charge is 2.65. The van der Waals surface area contributed by atoms with Gasteiger partial charge in [-0.1, -0.05) is 55.3 Å². The van der Waals surface area contributed by atoms with Crippen LogP contribution in [0.2, 0.25) is 0 Å². The van der Waals surface area contributed by atoms with Crippen LogP contribution in [0.1, 0.15) is 83.6 Å². The summed E-state index contributed by atoms with van der Waals surface area (Å²) in [5.41, 5.74) is 2.82. The third-order valence-electron chi connectivity index (χ3n) is 10.7. The van der Waals surface area contributed by atoms with Gasteiger partial charge in [0.1, 0.15) is 24.1 Å². The second kappa shape index (κ2) is 21.0. The largest absolute Gasteiger partial charge is 0.493 e. The van der Waals surface area contributed by atoms with E-state index < -0.39 is 17.9 Å². The summed E-state index contributed by atoms with van der Waals surface area (Å²) in [5, 5.41) is 24.4. The maximum Gasteiger partial charge on any atom is 0.410 e. The average Bonchev–Trinajstić information content (AvgIpc) is 3.19. The number of thioether (sulfide) groups is 1. The van der Waals surface area contributed by atoms with Crippen LogP contribution < -0.4 is 9.47 Å². The number of allylic oxidation sites excluding steroid dienone is 1. The third kappa shape index (κ3) is 9.64. The summed E-state index contributed by atoms with van der Waals surface area (Å²) in [7, 11) is 0. The summed E-state index contributed by atoms with van der Waals surface area (Å²) in [4.78, 5) is 22.6. The number of carbonyl (C=O) groups excluding carboxylic acids is 1. The lowest BCUT2D eigenvalue weighted by atomic mass is 9.55. The van der Waals surface area contributed by atoms with Gasteiger partial charge in [-0.25, -0.2) is 4.79 Å². The van der Waals surface area contributed by atoms with Gasteiger partial charge >= 0.3 is 6.09 Å². The van der Waals surface area contributed by atoms with Crippen molar-refractivity contribution >= 4 is 23.6 Å². The Hall–Kier alpha value is -3.51. The van der Waals surface area contributed by atoms with Crippen LogP contribution in [-0.4, -0.2) is 90.7 Å². The molecule has 0 radical (unpaired) electrons. The number of hydrogen-bond donors (Lipinski definition) is 2. The highest BCUT2D eigenvalue weighted by Crippen LogP contribution is 2.62. The Balaban J connectivity index is 1.67. The number of rotatable bonds is 22. The first-order valence-electron chi connectivity index (χ1n) is 19.9. The molecule has 6 atom stereocenters. The van der Waals surface area contributed by atoms with E-state index in [4.69, 9.17) is 28.9 Å². The summed E-state index contributed by atoms with van der Waals surface area (Å²) in [6, 6.07) is 15.8. The lowest BCUT2D eigenvalue weighted by molar-refractivity contribution is -0.255. The third-order valence-corrected chi connectivity index (χ3v) is 11.6. The lowest BCUT2D eigenvalue weighted by Crippen LogP contribution is -2.70. The fraction of sp³-hybridized carbons (Fsp3) is 0.581. The highest BCUT2D eigenvalue weighted by atomic mass is 32.2. The van der Waals surface area contributed by atoms with Gasteiger partial charge in [-0.2, -0.15) is 0 Å². The monoisotopic (exact) mass is 764 g/mol. The zero-order valence-electron chi connectivity index (χ0n) is 32.3. The Morgan fingerprint density at radius 1 is 1.06 bits per heavy atom. The molecule has 11 heteroatoms. The molecule has 1 heterocycles. The van der Waals surface area contributed by atoms with E-state index in [0.717, 1.165) is 60.5 Å². The molecule has 3 aliphatic rings. The van der Waals surface area contributed by atoms with Gasteiger partial charge in [0.05, 0.1) is 31.5 Å². The molecule has 2 aliphatic carbocycles. The van der Waals surface area contributed by atoms with Gasteiger partial charge in [0.2, 0.25) is 5.79 Å². The van der Waals surface area contributed by atoms with Crippen LogP contribution in [0, 0.1) is 17.8 Å². The van der Waals surface area contributed by atoms with Gasteiger partial charge in [0, 0.05) is 48.3 Å². The summed E-state index contributed by atoms with van der Waals surface area (Å²) in [6.45, 7) is 11.9. The minimum absolute atomic E-state index is 0.112. The van der Waals surface area contributed by atoms with E-state index in [1.54, 1.807) is 22.7 Å². The van der Waals surface area contributed by atoms with Crippen LogP contribution in [0.15, 0.2) is 82.9 Å². The topological polar surface area (TPSA) is 119 Å². The Bertz CT molecular complexity index is 1550. The van der Waals surface area contributed by atoms with Gasteiger partial charge < -0.3 is 34.0 Å². The molecular weight excluding hydrogens is 705 g/mol. The quantitative estimate of drug-likeness (QED) is 0.0528. The van der Waals surface area contributed by atoms with E-state index in [0.29, 0.717) is 44.8 Å². The first-order chi connectivity index (χ1) is 26.5. The molecule has 10 nitrogen and oxygen atoms in total. The Morgan fingerprint density at radius 2 is 1.83 bits per heavy atom. The molecule has 1 saturated carbocycles. The molecule has 0 spiro atoms. The Kier molecular flexibility index (Phi) is 16.2. The molecule has 6 unspecified atom stereocenters. The summed E-state index contributed by atoms with van der Waals surface area (Å²) < 4.78 is 26.3. The minimum atomic E-state index is -1.30. The molecule has 0 aromatic heterocycles. The van der Waals surface area contributed by atoms with Crippen molar-refractivity contribution in [2.24, 2.45) is 22.9 Å². The molecule has 5 rings (SSSR count). The van der Waals surface area contributed by atoms with Gasteiger partial charge in [-0.15, -0.1) is 18.3 Å². The van der Waals surface area contributed by atoms with Crippen LogP contribution >= 0.6 is 11.8 Å². The van der Waals surface area contributed by atoms with Crippen molar-refractivity contribution in [2.45, 2.75) is 94.8 Å². The number of carbonyl (C=O) groups is 1. The van der Waals surface area contributed by atoms with Crippen LogP contribution in [0.3, 0.4) is 0 Å². The van der Waals surface area contributed by atoms with Crippen LogP contribution in [0.25, 0.3) is 0 Å². The normalized spacial score (nSPS) is 24.8. The SMILES string of the molecule is C=CCOC12Oc3ccc(OCCSc4ccccc4)cc3C3C(CCCCO)C(CCCCO)C=C(C(=NOCC)CC1N(CCC)C(=O)OCC)C32. The van der Waals surface area contributed by atoms with E-state index in [2.05, 4.69) is 30.9 Å². The molecule has 296 valence electrons. The number of amides is 1. The lowest BCUT2D eigenvalue weighted by Gasteiger charge is -2.59.